The number of rotatable bonds is 6. The number of nitrogens with one attached hydrogen (secondary N) is 2. The van der Waals surface area contributed by atoms with Crippen molar-refractivity contribution >= 4 is 16.7 Å². The van der Waals surface area contributed by atoms with E-state index in [9.17, 15) is 0 Å². The predicted octanol–water partition coefficient (Wildman–Crippen LogP) is 3.34. The number of para-hydroxylation sites is 1. The molecule has 1 aromatic carbocycles. The third-order valence-corrected chi connectivity index (χ3v) is 2.72. The van der Waals surface area contributed by atoms with E-state index in [-0.39, 0.29) is 0 Å². The topological polar surface area (TPSA) is 37.0 Å². The van der Waals surface area contributed by atoms with E-state index < -0.39 is 0 Å². The maximum atomic E-state index is 4.52. The van der Waals surface area contributed by atoms with Gasteiger partial charge >= 0.3 is 0 Å². The predicted molar refractivity (Wildman–Crippen MR) is 72.9 cm³/mol. The Morgan fingerprint density at radius 2 is 1.94 bits per heavy atom. The average molecular weight is 229 g/mol. The van der Waals surface area contributed by atoms with E-state index in [0.29, 0.717) is 0 Å². The van der Waals surface area contributed by atoms with Crippen LogP contribution in [0, 0.1) is 0 Å². The van der Waals surface area contributed by atoms with Crippen LogP contribution in [0.25, 0.3) is 10.9 Å². The van der Waals surface area contributed by atoms with E-state index in [1.54, 1.807) is 0 Å². The van der Waals surface area contributed by atoms with Gasteiger partial charge in [0.2, 0.25) is 0 Å². The minimum Gasteiger partial charge on any atom is -0.306 e. The molecule has 0 radical (unpaired) electrons. The van der Waals surface area contributed by atoms with Crippen LogP contribution in [0.5, 0.6) is 0 Å². The third-order valence-electron chi connectivity index (χ3n) is 2.72. The molecule has 2 N–H and O–H groups in total. The molecule has 90 valence electrons. The van der Waals surface area contributed by atoms with Gasteiger partial charge in [0, 0.05) is 11.9 Å². The van der Waals surface area contributed by atoms with Gasteiger partial charge in [0.1, 0.15) is 5.82 Å². The minimum absolute atomic E-state index is 0.875. The number of benzene rings is 1. The Bertz CT molecular complexity index is 468. The Morgan fingerprint density at radius 3 is 2.82 bits per heavy atom. The van der Waals surface area contributed by atoms with Crippen molar-refractivity contribution < 1.29 is 0 Å². The van der Waals surface area contributed by atoms with Crippen molar-refractivity contribution in [3.05, 3.63) is 36.4 Å². The molecule has 3 nitrogen and oxygen atoms in total. The summed E-state index contributed by atoms with van der Waals surface area (Å²) in [7, 11) is 0. The number of nitrogens with zero attached hydrogens (tertiary/aromatic N) is 1. The number of pyridine rings is 1. The van der Waals surface area contributed by atoms with Crippen LogP contribution in [0.1, 0.15) is 26.2 Å². The highest BCUT2D eigenvalue weighted by Crippen LogP contribution is 2.13. The molecule has 1 aromatic heterocycles. The zero-order valence-corrected chi connectivity index (χ0v) is 10.2. The molecule has 0 saturated heterocycles. The van der Waals surface area contributed by atoms with Gasteiger partial charge in [-0.25, -0.2) is 10.4 Å². The molecule has 0 bridgehead atoms. The van der Waals surface area contributed by atoms with Gasteiger partial charge in [-0.1, -0.05) is 38.0 Å². The van der Waals surface area contributed by atoms with Crippen molar-refractivity contribution in [1.82, 2.24) is 10.4 Å². The second-order valence-electron chi connectivity index (χ2n) is 4.15. The molecule has 1 heterocycles. The molecule has 0 spiro atoms. The first-order valence-corrected chi connectivity index (χ1v) is 6.25. The lowest BCUT2D eigenvalue weighted by Gasteiger charge is -2.07. The van der Waals surface area contributed by atoms with Crippen LogP contribution in [-0.4, -0.2) is 11.5 Å². The second kappa shape index (κ2) is 6.21. The molecule has 2 aromatic rings. The average Bonchev–Trinajstić information content (AvgIpc) is 2.38. The molecule has 0 fully saturated rings. The van der Waals surface area contributed by atoms with Gasteiger partial charge in [-0.05, 0) is 24.6 Å². The number of unbranched alkanes of at least 4 members (excludes halogenated alkanes) is 2. The highest BCUT2D eigenvalue weighted by molar-refractivity contribution is 5.79. The van der Waals surface area contributed by atoms with Gasteiger partial charge in [-0.2, -0.15) is 0 Å². The Morgan fingerprint density at radius 1 is 1.06 bits per heavy atom. The summed E-state index contributed by atoms with van der Waals surface area (Å²) in [6, 6.07) is 12.2. The van der Waals surface area contributed by atoms with Crippen LogP contribution in [0.4, 0.5) is 5.82 Å². The number of fused-ring (bicyclic) bond motifs is 1. The molecule has 2 rings (SSSR count). The molecule has 0 amide bonds. The van der Waals surface area contributed by atoms with Crippen LogP contribution in [0.3, 0.4) is 0 Å². The molecule has 17 heavy (non-hydrogen) atoms. The van der Waals surface area contributed by atoms with Crippen LogP contribution < -0.4 is 10.9 Å². The van der Waals surface area contributed by atoms with Crippen molar-refractivity contribution in [3.8, 4) is 0 Å². The first-order chi connectivity index (χ1) is 8.40. The van der Waals surface area contributed by atoms with E-state index in [0.717, 1.165) is 17.9 Å². The van der Waals surface area contributed by atoms with Gasteiger partial charge in [0.25, 0.3) is 0 Å². The molecule has 3 heteroatoms. The van der Waals surface area contributed by atoms with Gasteiger partial charge in [0.05, 0.1) is 5.52 Å². The molecule has 0 unspecified atom stereocenters. The molecular formula is C14H19N3. The van der Waals surface area contributed by atoms with Crippen molar-refractivity contribution in [1.29, 1.82) is 0 Å². The first-order valence-electron chi connectivity index (χ1n) is 6.25. The minimum atomic E-state index is 0.875. The Kier molecular flexibility index (Phi) is 4.33. The Hall–Kier alpha value is -1.61. The number of hydrogen-bond acceptors (Lipinski definition) is 3. The van der Waals surface area contributed by atoms with E-state index in [1.807, 2.05) is 24.3 Å². The first kappa shape index (κ1) is 11.9. The zero-order valence-electron chi connectivity index (χ0n) is 10.2. The van der Waals surface area contributed by atoms with Gasteiger partial charge in [-0.15, -0.1) is 0 Å². The fourth-order valence-electron chi connectivity index (χ4n) is 1.75. The summed E-state index contributed by atoms with van der Waals surface area (Å²) in [5.74, 6) is 0.875. The van der Waals surface area contributed by atoms with Gasteiger partial charge in [0.15, 0.2) is 0 Å². The zero-order chi connectivity index (χ0) is 11.9. The summed E-state index contributed by atoms with van der Waals surface area (Å²) >= 11 is 0. The maximum absolute atomic E-state index is 4.52. The molecule has 0 atom stereocenters. The largest absolute Gasteiger partial charge is 0.306 e. The highest BCUT2D eigenvalue weighted by Gasteiger charge is 1.96. The number of anilines is 1. The van der Waals surface area contributed by atoms with Crippen LogP contribution in [-0.2, 0) is 0 Å². The van der Waals surface area contributed by atoms with Crippen molar-refractivity contribution in [3.63, 3.8) is 0 Å². The van der Waals surface area contributed by atoms with Crippen molar-refractivity contribution in [2.45, 2.75) is 26.2 Å². The summed E-state index contributed by atoms with van der Waals surface area (Å²) in [5.41, 5.74) is 7.34. The highest BCUT2D eigenvalue weighted by atomic mass is 15.4. The second-order valence-corrected chi connectivity index (χ2v) is 4.15. The van der Waals surface area contributed by atoms with E-state index in [1.165, 1.54) is 24.6 Å². The summed E-state index contributed by atoms with van der Waals surface area (Å²) in [6.45, 7) is 3.18. The lowest BCUT2D eigenvalue weighted by atomic mass is 10.2. The summed E-state index contributed by atoms with van der Waals surface area (Å²) in [4.78, 5) is 4.52. The third kappa shape index (κ3) is 3.43. The normalized spacial score (nSPS) is 10.6. The van der Waals surface area contributed by atoms with Crippen molar-refractivity contribution in [2.24, 2.45) is 0 Å². The number of hydrazine groups is 1. The monoisotopic (exact) mass is 229 g/mol. The lowest BCUT2D eigenvalue weighted by molar-refractivity contribution is 0.661. The number of hydrogen-bond donors (Lipinski definition) is 2. The molecule has 0 aliphatic carbocycles. The fourth-order valence-corrected chi connectivity index (χ4v) is 1.75. The Labute approximate surface area is 102 Å². The quantitative estimate of drug-likeness (QED) is 0.589. The van der Waals surface area contributed by atoms with Gasteiger partial charge in [-0.3, -0.25) is 0 Å². The summed E-state index contributed by atoms with van der Waals surface area (Å²) in [5, 5.41) is 1.17. The Balaban J connectivity index is 1.90. The molecular weight excluding hydrogens is 210 g/mol. The van der Waals surface area contributed by atoms with Crippen LogP contribution in [0.2, 0.25) is 0 Å². The summed E-state index contributed by atoms with van der Waals surface area (Å²) in [6.07, 6.45) is 3.70. The standard InChI is InChI=1S/C14H19N3/c1-2-3-6-11-15-17-14-10-9-12-7-4-5-8-13(12)16-14/h4-5,7-10,15H,2-3,6,11H2,1H3,(H,16,17). The van der Waals surface area contributed by atoms with Crippen LogP contribution in [0.15, 0.2) is 36.4 Å². The summed E-state index contributed by atoms with van der Waals surface area (Å²) < 4.78 is 0. The molecule has 0 aliphatic rings. The van der Waals surface area contributed by atoms with Crippen LogP contribution >= 0.6 is 0 Å². The lowest BCUT2D eigenvalue weighted by Crippen LogP contribution is -2.23. The van der Waals surface area contributed by atoms with Gasteiger partial charge < -0.3 is 5.43 Å². The van der Waals surface area contributed by atoms with E-state index >= 15 is 0 Å². The van der Waals surface area contributed by atoms with Crippen molar-refractivity contribution in [2.75, 3.05) is 12.0 Å². The fraction of sp³-hybridized carbons (Fsp3) is 0.357. The molecule has 0 aliphatic heterocycles. The molecule has 0 saturated carbocycles. The SMILES string of the molecule is CCCCCNNc1ccc2ccccc2n1. The number of aromatic nitrogens is 1. The maximum Gasteiger partial charge on any atom is 0.140 e. The van der Waals surface area contributed by atoms with E-state index in [4.69, 9.17) is 0 Å². The van der Waals surface area contributed by atoms with E-state index in [2.05, 4.69) is 34.9 Å². The smallest absolute Gasteiger partial charge is 0.140 e.